The van der Waals surface area contributed by atoms with Gasteiger partial charge < -0.3 is 10.2 Å². The maximum absolute atomic E-state index is 12.5. The Morgan fingerprint density at radius 1 is 1.16 bits per heavy atom. The normalized spacial score (nSPS) is 12.9. The van der Waals surface area contributed by atoms with Crippen LogP contribution in [0.25, 0.3) is 6.08 Å². The van der Waals surface area contributed by atoms with Crippen molar-refractivity contribution in [2.45, 2.75) is 26.8 Å². The molecule has 0 aliphatic carbocycles. The zero-order chi connectivity index (χ0) is 22.8. The molecule has 0 saturated heterocycles. The lowest BCUT2D eigenvalue weighted by Gasteiger charge is -2.14. The minimum absolute atomic E-state index is 0.0207. The maximum atomic E-state index is 12.5. The van der Waals surface area contributed by atoms with E-state index in [4.69, 9.17) is 23.2 Å². The molecule has 1 aliphatic rings. The highest BCUT2D eigenvalue weighted by Crippen LogP contribution is 2.30. The summed E-state index contributed by atoms with van der Waals surface area (Å²) in [6, 6.07) is 13.1. The average molecular weight is 469 g/mol. The third kappa shape index (κ3) is 4.71. The van der Waals surface area contributed by atoms with E-state index in [1.807, 2.05) is 43.3 Å². The Labute approximate surface area is 196 Å². The number of hydrogen-bond donors (Lipinski definition) is 1. The number of nitrogens with zero attached hydrogens (tertiary/aromatic N) is 3. The number of nitrogens with one attached hydrogen (secondary N) is 1. The van der Waals surface area contributed by atoms with Crippen molar-refractivity contribution in [3.8, 4) is 0 Å². The Kier molecular flexibility index (Phi) is 6.35. The van der Waals surface area contributed by atoms with Crippen molar-refractivity contribution >= 4 is 52.5 Å². The molecule has 1 N–H and O–H groups in total. The Balaban J connectivity index is 1.44. The molecule has 0 radical (unpaired) electrons. The summed E-state index contributed by atoms with van der Waals surface area (Å²) in [5.41, 5.74) is 5.08. The fourth-order valence-electron chi connectivity index (χ4n) is 3.77. The van der Waals surface area contributed by atoms with Crippen LogP contribution in [0, 0.1) is 6.92 Å². The van der Waals surface area contributed by atoms with Crippen LogP contribution in [0.5, 0.6) is 0 Å². The molecular weight excluding hydrogens is 447 g/mol. The van der Waals surface area contributed by atoms with E-state index in [0.717, 1.165) is 28.9 Å². The molecule has 1 aliphatic heterocycles. The summed E-state index contributed by atoms with van der Waals surface area (Å²) >= 11 is 12.5. The van der Waals surface area contributed by atoms with Crippen LogP contribution in [0.15, 0.2) is 48.5 Å². The number of carbonyl (C=O) groups is 2. The largest absolute Gasteiger partial charge is 0.323 e. The molecule has 6 nitrogen and oxygen atoms in total. The van der Waals surface area contributed by atoms with Gasteiger partial charge in [-0.15, -0.1) is 0 Å². The SMILES string of the molecule is CC(=O)N1CCc2cc(NC(=O)/C=C/c3c(C)nn(Cc4ccc(Cl)cc4)c3Cl)ccc21. The second kappa shape index (κ2) is 9.18. The summed E-state index contributed by atoms with van der Waals surface area (Å²) in [5, 5.41) is 8.49. The van der Waals surface area contributed by atoms with E-state index in [1.165, 1.54) is 6.08 Å². The number of aryl methyl sites for hydroxylation is 1. The van der Waals surface area contributed by atoms with Crippen LogP contribution in [-0.4, -0.2) is 28.1 Å². The van der Waals surface area contributed by atoms with Crippen molar-refractivity contribution in [1.29, 1.82) is 0 Å². The zero-order valence-corrected chi connectivity index (χ0v) is 19.2. The fourth-order valence-corrected chi connectivity index (χ4v) is 4.20. The number of anilines is 2. The predicted octanol–water partition coefficient (Wildman–Crippen LogP) is 5.11. The second-order valence-corrected chi connectivity index (χ2v) is 8.46. The van der Waals surface area contributed by atoms with Gasteiger partial charge in [-0.2, -0.15) is 5.10 Å². The van der Waals surface area contributed by atoms with Crippen LogP contribution in [0.4, 0.5) is 11.4 Å². The van der Waals surface area contributed by atoms with Gasteiger partial charge in [0.25, 0.3) is 0 Å². The molecule has 4 rings (SSSR count). The number of hydrogen-bond acceptors (Lipinski definition) is 3. The Bertz CT molecular complexity index is 1220. The van der Waals surface area contributed by atoms with Crippen molar-refractivity contribution < 1.29 is 9.59 Å². The van der Waals surface area contributed by atoms with Crippen LogP contribution in [-0.2, 0) is 22.6 Å². The first-order chi connectivity index (χ1) is 15.3. The lowest BCUT2D eigenvalue weighted by Crippen LogP contribution is -2.25. The highest BCUT2D eigenvalue weighted by Gasteiger charge is 2.22. The molecule has 3 aromatic rings. The van der Waals surface area contributed by atoms with Crippen molar-refractivity contribution in [1.82, 2.24) is 9.78 Å². The van der Waals surface area contributed by atoms with Crippen LogP contribution in [0.3, 0.4) is 0 Å². The second-order valence-electron chi connectivity index (χ2n) is 7.66. The molecule has 2 heterocycles. The number of amides is 2. The van der Waals surface area contributed by atoms with E-state index in [1.54, 1.807) is 28.6 Å². The number of benzene rings is 2. The Morgan fingerprint density at radius 2 is 1.91 bits per heavy atom. The van der Waals surface area contributed by atoms with Gasteiger partial charge in [-0.25, -0.2) is 4.68 Å². The molecule has 0 saturated carbocycles. The molecular formula is C24H22Cl2N4O2. The highest BCUT2D eigenvalue weighted by molar-refractivity contribution is 6.31. The molecule has 2 aromatic carbocycles. The molecule has 0 bridgehead atoms. The van der Waals surface area contributed by atoms with Gasteiger partial charge in [0.05, 0.1) is 12.2 Å². The van der Waals surface area contributed by atoms with E-state index in [-0.39, 0.29) is 11.8 Å². The quantitative estimate of drug-likeness (QED) is 0.529. The van der Waals surface area contributed by atoms with Crippen LogP contribution in [0.1, 0.15) is 29.3 Å². The van der Waals surface area contributed by atoms with Gasteiger partial charge in [0.15, 0.2) is 0 Å². The first-order valence-corrected chi connectivity index (χ1v) is 10.9. The summed E-state index contributed by atoms with van der Waals surface area (Å²) < 4.78 is 1.69. The van der Waals surface area contributed by atoms with Gasteiger partial charge in [0, 0.05) is 41.5 Å². The molecule has 32 heavy (non-hydrogen) atoms. The van der Waals surface area contributed by atoms with Crippen molar-refractivity contribution in [2.75, 3.05) is 16.8 Å². The third-order valence-corrected chi connectivity index (χ3v) is 6.03. The van der Waals surface area contributed by atoms with E-state index < -0.39 is 0 Å². The summed E-state index contributed by atoms with van der Waals surface area (Å²) in [4.78, 5) is 25.9. The summed E-state index contributed by atoms with van der Waals surface area (Å²) in [6.45, 7) is 4.58. The average Bonchev–Trinajstić information content (AvgIpc) is 3.29. The minimum atomic E-state index is -0.271. The monoisotopic (exact) mass is 468 g/mol. The number of aromatic nitrogens is 2. The van der Waals surface area contributed by atoms with Gasteiger partial charge in [0.1, 0.15) is 5.15 Å². The summed E-state index contributed by atoms with van der Waals surface area (Å²) in [6.07, 6.45) is 3.89. The number of halogens is 2. The molecule has 164 valence electrons. The lowest BCUT2D eigenvalue weighted by atomic mass is 10.1. The van der Waals surface area contributed by atoms with Gasteiger partial charge in [0.2, 0.25) is 11.8 Å². The van der Waals surface area contributed by atoms with E-state index >= 15 is 0 Å². The first kappa shape index (κ1) is 22.1. The van der Waals surface area contributed by atoms with Gasteiger partial charge >= 0.3 is 0 Å². The third-order valence-electron chi connectivity index (χ3n) is 5.38. The molecule has 8 heteroatoms. The number of carbonyl (C=O) groups excluding carboxylic acids is 2. The van der Waals surface area contributed by atoms with Crippen molar-refractivity contribution in [3.63, 3.8) is 0 Å². The molecule has 2 amide bonds. The fraction of sp³-hybridized carbons (Fsp3) is 0.208. The molecule has 1 aromatic heterocycles. The Morgan fingerprint density at radius 3 is 2.62 bits per heavy atom. The van der Waals surface area contributed by atoms with Crippen molar-refractivity contribution in [3.05, 3.63) is 81.1 Å². The zero-order valence-electron chi connectivity index (χ0n) is 17.7. The number of rotatable bonds is 5. The van der Waals surface area contributed by atoms with E-state index in [0.29, 0.717) is 34.5 Å². The van der Waals surface area contributed by atoms with Crippen LogP contribution in [0.2, 0.25) is 10.2 Å². The topological polar surface area (TPSA) is 67.2 Å². The summed E-state index contributed by atoms with van der Waals surface area (Å²) in [5.74, 6) is -0.250. The van der Waals surface area contributed by atoms with Gasteiger partial charge in [-0.3, -0.25) is 9.59 Å². The Hall–Kier alpha value is -3.09. The molecule has 0 unspecified atom stereocenters. The van der Waals surface area contributed by atoms with Gasteiger partial charge in [-0.1, -0.05) is 35.3 Å². The summed E-state index contributed by atoms with van der Waals surface area (Å²) in [7, 11) is 0. The number of fused-ring (bicyclic) bond motifs is 1. The molecule has 0 spiro atoms. The first-order valence-electron chi connectivity index (χ1n) is 10.2. The van der Waals surface area contributed by atoms with Crippen LogP contribution >= 0.6 is 23.2 Å². The van der Waals surface area contributed by atoms with E-state index in [9.17, 15) is 9.59 Å². The maximum Gasteiger partial charge on any atom is 0.248 e. The van der Waals surface area contributed by atoms with Gasteiger partial charge in [-0.05, 0) is 60.9 Å². The smallest absolute Gasteiger partial charge is 0.248 e. The minimum Gasteiger partial charge on any atom is -0.323 e. The highest BCUT2D eigenvalue weighted by atomic mass is 35.5. The van der Waals surface area contributed by atoms with Crippen molar-refractivity contribution in [2.24, 2.45) is 0 Å². The molecule has 0 fully saturated rings. The lowest BCUT2D eigenvalue weighted by molar-refractivity contribution is -0.116. The van der Waals surface area contributed by atoms with E-state index in [2.05, 4.69) is 10.4 Å². The predicted molar refractivity (Wildman–Crippen MR) is 128 cm³/mol. The molecule has 0 atom stereocenters. The van der Waals surface area contributed by atoms with Crippen LogP contribution < -0.4 is 10.2 Å². The standard InChI is InChI=1S/C24H22Cl2N4O2/c1-15-21(24(26)30(28-15)14-17-3-5-19(25)6-4-17)8-10-23(32)27-20-7-9-22-18(13-20)11-12-29(22)16(2)31/h3-10,13H,11-12,14H2,1-2H3,(H,27,32)/b10-8+.